The first-order chi connectivity index (χ1) is 20.6. The van der Waals surface area contributed by atoms with Gasteiger partial charge in [-0.05, 0) is 53.8 Å². The minimum Gasteiger partial charge on any atom is -0.357 e. The fraction of sp³-hybridized carbons (Fsp3) is 0.257. The van der Waals surface area contributed by atoms with Gasteiger partial charge in [0.25, 0.3) is 10.0 Å². The molecule has 1 atom stereocenters. The van der Waals surface area contributed by atoms with E-state index in [9.17, 15) is 18.0 Å². The summed E-state index contributed by atoms with van der Waals surface area (Å²) in [4.78, 5) is 29.3. The fourth-order valence-corrected chi connectivity index (χ4v) is 6.44. The number of amides is 2. The number of anilines is 1. The molecule has 0 saturated carbocycles. The highest BCUT2D eigenvalue weighted by molar-refractivity contribution is 7.92. The number of hydrogen-bond acceptors (Lipinski definition) is 4. The number of nitrogens with zero attached hydrogens (tertiary/aromatic N) is 2. The molecule has 0 aromatic heterocycles. The molecule has 0 aliphatic heterocycles. The summed E-state index contributed by atoms with van der Waals surface area (Å²) in [6, 6.07) is 31.7. The van der Waals surface area contributed by atoms with Crippen molar-refractivity contribution in [3.63, 3.8) is 0 Å². The first-order valence-electron chi connectivity index (χ1n) is 14.4. The first-order valence-corrected chi connectivity index (χ1v) is 15.8. The number of likely N-dealkylation sites (N-methyl/N-ethyl adjacent to an activating group) is 1. The maximum atomic E-state index is 14.4. The van der Waals surface area contributed by atoms with Crippen LogP contribution in [0.5, 0.6) is 0 Å². The molecule has 0 aliphatic carbocycles. The summed E-state index contributed by atoms with van der Waals surface area (Å²) in [5.74, 6) is -0.562. The van der Waals surface area contributed by atoms with Gasteiger partial charge in [0.2, 0.25) is 11.8 Å². The van der Waals surface area contributed by atoms with Gasteiger partial charge in [0.15, 0.2) is 0 Å². The summed E-state index contributed by atoms with van der Waals surface area (Å²) >= 11 is 0. The van der Waals surface area contributed by atoms with E-state index in [-0.39, 0.29) is 29.7 Å². The Hall–Kier alpha value is -4.43. The third-order valence-electron chi connectivity index (χ3n) is 7.41. The fourth-order valence-electron chi connectivity index (χ4n) is 5.00. The van der Waals surface area contributed by atoms with Crippen molar-refractivity contribution in [2.45, 2.75) is 50.6 Å². The number of carbonyl (C=O) groups is 2. The average Bonchev–Trinajstić information content (AvgIpc) is 3.02. The monoisotopic (exact) mass is 597 g/mol. The van der Waals surface area contributed by atoms with Crippen LogP contribution in [-0.4, -0.2) is 44.8 Å². The van der Waals surface area contributed by atoms with E-state index in [2.05, 4.69) is 19.2 Å². The Labute approximate surface area is 255 Å². The molecule has 0 bridgehead atoms. The summed E-state index contributed by atoms with van der Waals surface area (Å²) < 4.78 is 29.2. The Morgan fingerprint density at radius 3 is 1.98 bits per heavy atom. The van der Waals surface area contributed by atoms with Crippen LogP contribution in [0, 0.1) is 6.92 Å². The van der Waals surface area contributed by atoms with E-state index >= 15 is 0 Å². The minimum absolute atomic E-state index is 0.0770. The summed E-state index contributed by atoms with van der Waals surface area (Å²) in [5, 5.41) is 2.71. The normalized spacial score (nSPS) is 12.0. The molecule has 224 valence electrons. The van der Waals surface area contributed by atoms with Crippen molar-refractivity contribution in [2.75, 3.05) is 17.9 Å². The van der Waals surface area contributed by atoms with Gasteiger partial charge < -0.3 is 10.2 Å². The van der Waals surface area contributed by atoms with Crippen LogP contribution in [0.1, 0.15) is 42.0 Å². The molecule has 7 nitrogen and oxygen atoms in total. The predicted octanol–water partition coefficient (Wildman–Crippen LogP) is 5.70. The standard InChI is InChI=1S/C35H39N3O4S/c1-26(2)30-18-20-31(21-19-30)38(43(41,42)32-16-9-6-10-17-32)25-34(39)37(24-29-15-11-12-27(3)22-29)33(35(40)36-4)23-28-13-7-5-8-14-28/h5-22,26,33H,23-25H2,1-4H3,(H,36,40). The van der Waals surface area contributed by atoms with Crippen LogP contribution in [0.15, 0.2) is 114 Å². The van der Waals surface area contributed by atoms with E-state index in [1.54, 1.807) is 30.3 Å². The van der Waals surface area contributed by atoms with Crippen molar-refractivity contribution in [3.8, 4) is 0 Å². The molecule has 0 heterocycles. The number of sulfonamides is 1. The highest BCUT2D eigenvalue weighted by Gasteiger charge is 2.34. The molecule has 1 N–H and O–H groups in total. The second kappa shape index (κ2) is 14.2. The molecule has 0 spiro atoms. The zero-order valence-corrected chi connectivity index (χ0v) is 25.9. The second-order valence-electron chi connectivity index (χ2n) is 10.9. The first kappa shape index (κ1) is 31.5. The van der Waals surface area contributed by atoms with Crippen molar-refractivity contribution in [3.05, 3.63) is 131 Å². The van der Waals surface area contributed by atoms with Crippen LogP contribution < -0.4 is 9.62 Å². The van der Waals surface area contributed by atoms with Crippen molar-refractivity contribution < 1.29 is 18.0 Å². The van der Waals surface area contributed by atoms with Crippen LogP contribution in [0.4, 0.5) is 5.69 Å². The minimum atomic E-state index is -4.12. The largest absolute Gasteiger partial charge is 0.357 e. The van der Waals surface area contributed by atoms with Crippen molar-refractivity contribution in [1.82, 2.24) is 10.2 Å². The second-order valence-corrected chi connectivity index (χ2v) is 12.8. The van der Waals surface area contributed by atoms with E-state index in [1.807, 2.05) is 73.7 Å². The Balaban J connectivity index is 1.79. The highest BCUT2D eigenvalue weighted by Crippen LogP contribution is 2.27. The van der Waals surface area contributed by atoms with Gasteiger partial charge in [0, 0.05) is 20.0 Å². The third-order valence-corrected chi connectivity index (χ3v) is 9.20. The van der Waals surface area contributed by atoms with Gasteiger partial charge >= 0.3 is 0 Å². The molecular formula is C35H39N3O4S. The lowest BCUT2D eigenvalue weighted by Gasteiger charge is -2.33. The quantitative estimate of drug-likeness (QED) is 0.227. The number of hydrogen-bond donors (Lipinski definition) is 1. The summed E-state index contributed by atoms with van der Waals surface area (Å²) in [6.45, 7) is 5.74. The number of aryl methyl sites for hydroxylation is 1. The smallest absolute Gasteiger partial charge is 0.264 e. The van der Waals surface area contributed by atoms with Crippen LogP contribution in [-0.2, 0) is 32.6 Å². The molecule has 0 aliphatic rings. The third kappa shape index (κ3) is 7.90. The topological polar surface area (TPSA) is 86.8 Å². The van der Waals surface area contributed by atoms with Crippen molar-refractivity contribution in [1.29, 1.82) is 0 Å². The average molecular weight is 598 g/mol. The van der Waals surface area contributed by atoms with Gasteiger partial charge in [0.05, 0.1) is 10.6 Å². The molecule has 2 amide bonds. The van der Waals surface area contributed by atoms with Gasteiger partial charge in [-0.15, -0.1) is 0 Å². The summed E-state index contributed by atoms with van der Waals surface area (Å²) in [7, 11) is -2.58. The Bertz CT molecular complexity index is 1620. The van der Waals surface area contributed by atoms with Crippen LogP contribution in [0.3, 0.4) is 0 Å². The maximum Gasteiger partial charge on any atom is 0.264 e. The number of benzene rings is 4. The maximum absolute atomic E-state index is 14.4. The molecule has 4 aromatic rings. The van der Waals surface area contributed by atoms with Crippen molar-refractivity contribution in [2.24, 2.45) is 0 Å². The van der Waals surface area contributed by atoms with Gasteiger partial charge in [-0.1, -0.05) is 104 Å². The van der Waals surface area contributed by atoms with E-state index in [4.69, 9.17) is 0 Å². The van der Waals surface area contributed by atoms with Crippen LogP contribution >= 0.6 is 0 Å². The SMILES string of the molecule is CNC(=O)C(Cc1ccccc1)N(Cc1cccc(C)c1)C(=O)CN(c1ccc(C(C)C)cc1)S(=O)(=O)c1ccccc1. The molecule has 4 rings (SSSR count). The summed E-state index contributed by atoms with van der Waals surface area (Å²) in [5.41, 5.74) is 4.17. The molecule has 8 heteroatoms. The zero-order chi connectivity index (χ0) is 31.0. The molecule has 43 heavy (non-hydrogen) atoms. The van der Waals surface area contributed by atoms with Gasteiger partial charge in [-0.25, -0.2) is 8.42 Å². The van der Waals surface area contributed by atoms with Crippen LogP contribution in [0.25, 0.3) is 0 Å². The lowest BCUT2D eigenvalue weighted by Crippen LogP contribution is -2.53. The Kier molecular flexibility index (Phi) is 10.4. The molecule has 0 radical (unpaired) electrons. The van der Waals surface area contributed by atoms with E-state index < -0.39 is 28.5 Å². The van der Waals surface area contributed by atoms with E-state index in [0.29, 0.717) is 5.69 Å². The number of carbonyl (C=O) groups excluding carboxylic acids is 2. The van der Waals surface area contributed by atoms with Gasteiger partial charge in [-0.3, -0.25) is 13.9 Å². The summed E-state index contributed by atoms with van der Waals surface area (Å²) in [6.07, 6.45) is 0.270. The van der Waals surface area contributed by atoms with Crippen LogP contribution in [0.2, 0.25) is 0 Å². The highest BCUT2D eigenvalue weighted by atomic mass is 32.2. The van der Waals surface area contributed by atoms with Gasteiger partial charge in [0.1, 0.15) is 12.6 Å². The molecule has 0 fully saturated rings. The zero-order valence-electron chi connectivity index (χ0n) is 25.1. The molecular weight excluding hydrogens is 558 g/mol. The number of rotatable bonds is 12. The lowest BCUT2D eigenvalue weighted by atomic mass is 10.0. The van der Waals surface area contributed by atoms with E-state index in [1.165, 1.54) is 24.1 Å². The number of nitrogens with one attached hydrogen (secondary N) is 1. The predicted molar refractivity (Wildman–Crippen MR) is 171 cm³/mol. The van der Waals surface area contributed by atoms with Crippen molar-refractivity contribution >= 4 is 27.5 Å². The molecule has 1 unspecified atom stereocenters. The van der Waals surface area contributed by atoms with E-state index in [0.717, 1.165) is 26.6 Å². The Morgan fingerprint density at radius 2 is 1.40 bits per heavy atom. The molecule has 0 saturated heterocycles. The lowest BCUT2D eigenvalue weighted by molar-refractivity contribution is -0.139. The van der Waals surface area contributed by atoms with Gasteiger partial charge in [-0.2, -0.15) is 0 Å². The molecule has 4 aromatic carbocycles. The Morgan fingerprint density at radius 1 is 0.791 bits per heavy atom.